The Morgan fingerprint density at radius 1 is 1.10 bits per heavy atom. The van der Waals surface area contributed by atoms with Crippen molar-refractivity contribution in [1.82, 2.24) is 5.32 Å². The minimum absolute atomic E-state index is 0.0111. The molecule has 0 saturated carbocycles. The van der Waals surface area contributed by atoms with E-state index in [9.17, 15) is 13.2 Å². The van der Waals surface area contributed by atoms with Gasteiger partial charge in [-0.1, -0.05) is 32.9 Å². The number of rotatable bonds is 5. The summed E-state index contributed by atoms with van der Waals surface area (Å²) in [6, 6.07) is 6.02. The smallest absolute Gasteiger partial charge is 0.238 e. The van der Waals surface area contributed by atoms with Gasteiger partial charge in [0.15, 0.2) is 0 Å². The third-order valence-electron chi connectivity index (χ3n) is 3.48. The number of hydrogen-bond donors (Lipinski definition) is 2. The summed E-state index contributed by atoms with van der Waals surface area (Å²) in [4.78, 5) is 12.0. The van der Waals surface area contributed by atoms with Crippen LogP contribution in [0.15, 0.2) is 29.2 Å². The van der Waals surface area contributed by atoms with Crippen molar-refractivity contribution in [3.8, 4) is 0 Å². The number of benzene rings is 1. The highest BCUT2D eigenvalue weighted by atomic mass is 32.2. The number of carbonyl (C=O) groups excluding carboxylic acids is 1. The Morgan fingerprint density at radius 3 is 2.00 bits per heavy atom. The zero-order chi connectivity index (χ0) is 15.5. The van der Waals surface area contributed by atoms with E-state index in [1.165, 1.54) is 12.1 Å². The van der Waals surface area contributed by atoms with Crippen LogP contribution in [0.2, 0.25) is 0 Å². The van der Waals surface area contributed by atoms with E-state index >= 15 is 0 Å². The summed E-state index contributed by atoms with van der Waals surface area (Å²) >= 11 is 0. The number of nitrogens with one attached hydrogen (secondary N) is 1. The molecule has 5 nitrogen and oxygen atoms in total. The maximum atomic E-state index is 12.0. The van der Waals surface area contributed by atoms with Crippen LogP contribution < -0.4 is 10.5 Å². The maximum Gasteiger partial charge on any atom is 0.238 e. The first-order valence-corrected chi connectivity index (χ1v) is 8.10. The zero-order valence-corrected chi connectivity index (χ0v) is 13.1. The maximum absolute atomic E-state index is 12.0. The lowest BCUT2D eigenvalue weighted by molar-refractivity contribution is -0.126. The molecule has 20 heavy (non-hydrogen) atoms. The first kappa shape index (κ1) is 16.7. The van der Waals surface area contributed by atoms with Gasteiger partial charge >= 0.3 is 0 Å². The molecule has 0 spiro atoms. The lowest BCUT2D eigenvalue weighted by atomic mass is 9.96. The first-order chi connectivity index (χ1) is 9.12. The third-order valence-corrected chi connectivity index (χ3v) is 4.41. The minimum atomic E-state index is -3.68. The molecule has 0 heterocycles. The molecule has 6 heteroatoms. The van der Waals surface area contributed by atoms with Crippen molar-refractivity contribution in [2.45, 2.75) is 38.6 Å². The molecule has 0 fully saturated rings. The zero-order valence-electron chi connectivity index (χ0n) is 12.3. The van der Waals surface area contributed by atoms with Crippen LogP contribution in [0.5, 0.6) is 0 Å². The fourth-order valence-electron chi connectivity index (χ4n) is 1.68. The quantitative estimate of drug-likeness (QED) is 0.868. The van der Waals surface area contributed by atoms with Gasteiger partial charge in [-0.15, -0.1) is 0 Å². The van der Waals surface area contributed by atoms with Crippen LogP contribution in [0.3, 0.4) is 0 Å². The number of primary sulfonamides is 1. The molecule has 3 N–H and O–H groups in total. The van der Waals surface area contributed by atoms with Crippen LogP contribution >= 0.6 is 0 Å². The molecule has 2 unspecified atom stereocenters. The van der Waals surface area contributed by atoms with Crippen molar-refractivity contribution in [1.29, 1.82) is 0 Å². The predicted octanol–water partition coefficient (Wildman–Crippen LogP) is 1.80. The number of hydrogen-bond acceptors (Lipinski definition) is 3. The SMILES string of the molecule is CC(NC(=O)C(C)C(C)C)c1ccc(S(N)(=O)=O)cc1. The van der Waals surface area contributed by atoms with Crippen molar-refractivity contribution in [3.05, 3.63) is 29.8 Å². The van der Waals surface area contributed by atoms with Crippen LogP contribution in [0.4, 0.5) is 0 Å². The summed E-state index contributed by atoms with van der Waals surface area (Å²) in [5.41, 5.74) is 0.835. The number of amides is 1. The van der Waals surface area contributed by atoms with Crippen molar-refractivity contribution >= 4 is 15.9 Å². The Bertz CT molecular complexity index is 565. The van der Waals surface area contributed by atoms with Crippen molar-refractivity contribution < 1.29 is 13.2 Å². The van der Waals surface area contributed by atoms with Gasteiger partial charge in [0.2, 0.25) is 15.9 Å². The largest absolute Gasteiger partial charge is 0.349 e. The van der Waals surface area contributed by atoms with E-state index in [4.69, 9.17) is 5.14 Å². The van der Waals surface area contributed by atoms with Crippen LogP contribution in [-0.4, -0.2) is 14.3 Å². The third kappa shape index (κ3) is 4.31. The van der Waals surface area contributed by atoms with Crippen LogP contribution in [0, 0.1) is 11.8 Å². The van der Waals surface area contributed by atoms with Crippen LogP contribution in [0.25, 0.3) is 0 Å². The van der Waals surface area contributed by atoms with Gasteiger partial charge in [0.25, 0.3) is 0 Å². The van der Waals surface area contributed by atoms with Gasteiger partial charge in [-0.05, 0) is 30.5 Å². The van der Waals surface area contributed by atoms with E-state index in [0.29, 0.717) is 0 Å². The van der Waals surface area contributed by atoms with Gasteiger partial charge in [0.1, 0.15) is 0 Å². The van der Waals surface area contributed by atoms with Gasteiger partial charge in [-0.25, -0.2) is 13.6 Å². The van der Waals surface area contributed by atoms with Crippen molar-refractivity contribution in [2.24, 2.45) is 17.0 Å². The van der Waals surface area contributed by atoms with E-state index in [1.807, 2.05) is 27.7 Å². The molecule has 112 valence electrons. The summed E-state index contributed by atoms with van der Waals surface area (Å²) < 4.78 is 22.3. The van der Waals surface area contributed by atoms with E-state index in [1.54, 1.807) is 12.1 Å². The molecule has 2 atom stereocenters. The van der Waals surface area contributed by atoms with Gasteiger partial charge in [0.05, 0.1) is 10.9 Å². The molecule has 0 aliphatic carbocycles. The highest BCUT2D eigenvalue weighted by molar-refractivity contribution is 7.89. The van der Waals surface area contributed by atoms with Gasteiger partial charge in [-0.3, -0.25) is 4.79 Å². The van der Waals surface area contributed by atoms with Crippen LogP contribution in [-0.2, 0) is 14.8 Å². The fraction of sp³-hybridized carbons (Fsp3) is 0.500. The second-order valence-corrected chi connectivity index (χ2v) is 6.94. The lowest BCUT2D eigenvalue weighted by Crippen LogP contribution is -2.33. The lowest BCUT2D eigenvalue weighted by Gasteiger charge is -2.20. The normalized spacial score (nSPS) is 14.9. The monoisotopic (exact) mass is 298 g/mol. The second-order valence-electron chi connectivity index (χ2n) is 5.38. The number of nitrogens with two attached hydrogens (primary N) is 1. The Morgan fingerprint density at radius 2 is 1.60 bits per heavy atom. The predicted molar refractivity (Wildman–Crippen MR) is 78.4 cm³/mol. The minimum Gasteiger partial charge on any atom is -0.349 e. The average molecular weight is 298 g/mol. The van der Waals surface area contributed by atoms with Gasteiger partial charge in [0, 0.05) is 5.92 Å². The van der Waals surface area contributed by atoms with Gasteiger partial charge in [-0.2, -0.15) is 0 Å². The molecule has 0 bridgehead atoms. The van der Waals surface area contributed by atoms with E-state index < -0.39 is 10.0 Å². The second kappa shape index (κ2) is 6.37. The molecule has 0 aliphatic heterocycles. The molecular formula is C14H22N2O3S. The molecule has 1 amide bonds. The van der Waals surface area contributed by atoms with Crippen molar-refractivity contribution in [2.75, 3.05) is 0 Å². The van der Waals surface area contributed by atoms with E-state index in [2.05, 4.69) is 5.32 Å². The highest BCUT2D eigenvalue weighted by Gasteiger charge is 2.19. The summed E-state index contributed by atoms with van der Waals surface area (Å²) in [5, 5.41) is 7.96. The summed E-state index contributed by atoms with van der Waals surface area (Å²) in [7, 11) is -3.68. The van der Waals surface area contributed by atoms with Gasteiger partial charge < -0.3 is 5.32 Å². The molecule has 1 aromatic rings. The van der Waals surface area contributed by atoms with Crippen LogP contribution in [0.1, 0.15) is 39.3 Å². The molecule has 1 aromatic carbocycles. The number of sulfonamides is 1. The van der Waals surface area contributed by atoms with E-state index in [0.717, 1.165) is 5.56 Å². The molecule has 0 aromatic heterocycles. The molecular weight excluding hydrogens is 276 g/mol. The summed E-state index contributed by atoms with van der Waals surface area (Å²) in [5.74, 6) is 0.191. The molecule has 0 radical (unpaired) electrons. The highest BCUT2D eigenvalue weighted by Crippen LogP contribution is 2.17. The summed E-state index contributed by atoms with van der Waals surface area (Å²) in [6.45, 7) is 7.74. The Balaban J connectivity index is 2.79. The summed E-state index contributed by atoms with van der Waals surface area (Å²) in [6.07, 6.45) is 0. The number of carbonyl (C=O) groups is 1. The fourth-order valence-corrected chi connectivity index (χ4v) is 2.19. The molecule has 0 aliphatic rings. The van der Waals surface area contributed by atoms with Crippen molar-refractivity contribution in [3.63, 3.8) is 0 Å². The topological polar surface area (TPSA) is 89.3 Å². The average Bonchev–Trinajstić information content (AvgIpc) is 2.36. The standard InChI is InChI=1S/C14H22N2O3S/c1-9(2)10(3)14(17)16-11(4)12-5-7-13(8-6-12)20(15,18)19/h5-11H,1-4H3,(H,16,17)(H2,15,18,19). The first-order valence-electron chi connectivity index (χ1n) is 6.56. The Hall–Kier alpha value is -1.40. The Kier molecular flexibility index (Phi) is 5.30. The van der Waals surface area contributed by atoms with E-state index in [-0.39, 0.29) is 28.7 Å². The Labute approximate surface area is 120 Å². The molecule has 1 rings (SSSR count). The molecule has 0 saturated heterocycles.